The molecule has 1 aromatic carbocycles. The fraction of sp³-hybridized carbons (Fsp3) is 0.556. The van der Waals surface area contributed by atoms with Gasteiger partial charge in [-0.25, -0.2) is 9.78 Å². The monoisotopic (exact) mass is 495 g/mol. The normalized spacial score (nSPS) is 32.1. The Balaban J connectivity index is 1.38. The molecule has 3 aliphatic rings. The zero-order valence-corrected chi connectivity index (χ0v) is 20.7. The molecule has 5 rings (SSSR count). The molecule has 1 aliphatic carbocycles. The highest BCUT2D eigenvalue weighted by molar-refractivity contribution is 5.95. The number of carboxylic acid groups (broad SMARTS) is 1. The number of hydrogen-bond acceptors (Lipinski definition) is 6. The summed E-state index contributed by atoms with van der Waals surface area (Å²) in [7, 11) is 0. The Labute approximate surface area is 209 Å². The van der Waals surface area contributed by atoms with E-state index in [9.17, 15) is 19.5 Å². The van der Waals surface area contributed by atoms with Crippen molar-refractivity contribution in [3.63, 3.8) is 0 Å². The fourth-order valence-corrected chi connectivity index (χ4v) is 5.49. The molecule has 1 saturated heterocycles. The Morgan fingerprint density at radius 3 is 2.92 bits per heavy atom. The molecule has 0 radical (unpaired) electrons. The van der Waals surface area contributed by atoms with E-state index in [1.165, 1.54) is 0 Å². The summed E-state index contributed by atoms with van der Waals surface area (Å²) in [4.78, 5) is 44.9. The molecule has 2 N–H and O–H groups in total. The zero-order valence-electron chi connectivity index (χ0n) is 20.7. The Bertz CT molecular complexity index is 1210. The zero-order chi connectivity index (χ0) is 25.4. The maximum Gasteiger partial charge on any atom is 0.330 e. The van der Waals surface area contributed by atoms with Crippen LogP contribution in [-0.4, -0.2) is 57.0 Å². The predicted octanol–water partition coefficient (Wildman–Crippen LogP) is 3.60. The first-order valence-electron chi connectivity index (χ1n) is 12.8. The number of carbonyl (C=O) groups is 3. The number of carbonyl (C=O) groups excluding carboxylic acids is 2. The lowest BCUT2D eigenvalue weighted by molar-refractivity contribution is -0.146. The van der Waals surface area contributed by atoms with Crippen LogP contribution in [0.3, 0.4) is 0 Å². The van der Waals surface area contributed by atoms with Crippen LogP contribution in [0, 0.1) is 18.8 Å². The molecule has 9 nitrogen and oxygen atoms in total. The van der Waals surface area contributed by atoms with Crippen molar-refractivity contribution in [2.75, 3.05) is 6.54 Å². The Kier molecular flexibility index (Phi) is 6.49. The van der Waals surface area contributed by atoms with Crippen molar-refractivity contribution in [2.24, 2.45) is 11.8 Å². The van der Waals surface area contributed by atoms with Gasteiger partial charge in [0.1, 0.15) is 29.0 Å². The number of oxazole rings is 1. The number of nitrogens with zero attached hydrogens (tertiary/aromatic N) is 2. The SMILES string of the molecule is Cc1nc2cc(O[C@@H]3C[C@H]4C(=O)N[C@]5(C(=O)O)C[C@H]5/C=C\CCCCC[C@H](C)C(=O)N4C3)ccc2o1. The molecule has 2 aliphatic heterocycles. The van der Waals surface area contributed by atoms with Crippen LogP contribution in [0.2, 0.25) is 0 Å². The van der Waals surface area contributed by atoms with Gasteiger partial charge in [0, 0.05) is 31.2 Å². The van der Waals surface area contributed by atoms with Gasteiger partial charge in [0.2, 0.25) is 11.8 Å². The summed E-state index contributed by atoms with van der Waals surface area (Å²) in [5.41, 5.74) is 0.0360. The number of allylic oxidation sites excluding steroid dienone is 1. The van der Waals surface area contributed by atoms with Crippen molar-refractivity contribution in [3.8, 4) is 5.75 Å². The lowest BCUT2D eigenvalue weighted by Gasteiger charge is -2.27. The van der Waals surface area contributed by atoms with Crippen molar-refractivity contribution in [2.45, 2.75) is 76.5 Å². The van der Waals surface area contributed by atoms with Gasteiger partial charge in [-0.05, 0) is 37.8 Å². The minimum atomic E-state index is -1.30. The number of fused-ring (bicyclic) bond motifs is 3. The lowest BCUT2D eigenvalue weighted by atomic mass is 10.0. The second-order valence-corrected chi connectivity index (χ2v) is 10.4. The maximum absolute atomic E-state index is 13.4. The van der Waals surface area contributed by atoms with Crippen LogP contribution in [0.5, 0.6) is 5.75 Å². The number of rotatable bonds is 3. The number of benzene rings is 1. The molecule has 5 atom stereocenters. The van der Waals surface area contributed by atoms with Crippen LogP contribution in [0.15, 0.2) is 34.8 Å². The number of hydrogen-bond donors (Lipinski definition) is 2. The van der Waals surface area contributed by atoms with Crippen molar-refractivity contribution in [3.05, 3.63) is 36.2 Å². The van der Waals surface area contributed by atoms with Crippen LogP contribution in [-0.2, 0) is 14.4 Å². The van der Waals surface area contributed by atoms with Gasteiger partial charge >= 0.3 is 5.97 Å². The first kappa shape index (κ1) is 24.3. The van der Waals surface area contributed by atoms with Gasteiger partial charge in [-0.1, -0.05) is 31.9 Å². The quantitative estimate of drug-likeness (QED) is 0.624. The summed E-state index contributed by atoms with van der Waals surface area (Å²) in [6.07, 6.45) is 8.74. The summed E-state index contributed by atoms with van der Waals surface area (Å²) in [6, 6.07) is 4.58. The third-order valence-electron chi connectivity index (χ3n) is 7.66. The first-order valence-corrected chi connectivity index (χ1v) is 12.8. The second kappa shape index (κ2) is 9.59. The van der Waals surface area contributed by atoms with E-state index in [0.717, 1.165) is 32.1 Å². The summed E-state index contributed by atoms with van der Waals surface area (Å²) in [5.74, 6) is -0.881. The molecule has 1 aromatic heterocycles. The molecule has 9 heteroatoms. The number of nitrogens with one attached hydrogen (secondary N) is 1. The summed E-state index contributed by atoms with van der Waals surface area (Å²) < 4.78 is 11.7. The van der Waals surface area contributed by atoms with E-state index in [1.807, 2.05) is 19.1 Å². The van der Waals surface area contributed by atoms with Crippen molar-refractivity contribution in [1.29, 1.82) is 0 Å². The van der Waals surface area contributed by atoms with E-state index < -0.39 is 29.6 Å². The minimum absolute atomic E-state index is 0.0893. The highest BCUT2D eigenvalue weighted by Crippen LogP contribution is 2.45. The standard InChI is InChI=1S/C27H33N3O6/c1-16-8-6-4-3-5-7-9-18-14-27(18,26(33)34)29-24(31)22-13-20(15-30(22)25(16)32)36-19-10-11-23-21(12-19)28-17(2)35-23/h7,9-12,16,18,20,22H,3-6,8,13-15H2,1-2H3,(H,29,31)(H,33,34)/b9-7-/t16-,18+,20+,22-,27+/m0/s1. The average molecular weight is 496 g/mol. The van der Waals surface area contributed by atoms with E-state index in [0.29, 0.717) is 29.2 Å². The Morgan fingerprint density at radius 1 is 1.28 bits per heavy atom. The van der Waals surface area contributed by atoms with E-state index in [1.54, 1.807) is 30.0 Å². The highest BCUT2D eigenvalue weighted by atomic mass is 16.5. The van der Waals surface area contributed by atoms with Crippen LogP contribution in [0.1, 0.15) is 57.8 Å². The van der Waals surface area contributed by atoms with Gasteiger partial charge in [-0.2, -0.15) is 0 Å². The second-order valence-electron chi connectivity index (χ2n) is 10.4. The average Bonchev–Trinajstić information content (AvgIpc) is 3.17. The number of aliphatic carboxylic acids is 1. The molecule has 1 saturated carbocycles. The van der Waals surface area contributed by atoms with Gasteiger partial charge in [0.05, 0.1) is 6.54 Å². The van der Waals surface area contributed by atoms with E-state index >= 15 is 0 Å². The van der Waals surface area contributed by atoms with Crippen LogP contribution < -0.4 is 10.1 Å². The third-order valence-corrected chi connectivity index (χ3v) is 7.66. The molecular formula is C27H33N3O6. The number of amides is 2. The van der Waals surface area contributed by atoms with E-state index in [-0.39, 0.29) is 30.7 Å². The lowest BCUT2D eigenvalue weighted by Crippen LogP contribution is -2.53. The topological polar surface area (TPSA) is 122 Å². The van der Waals surface area contributed by atoms with Crippen LogP contribution >= 0.6 is 0 Å². The molecule has 3 heterocycles. The van der Waals surface area contributed by atoms with Crippen LogP contribution in [0.4, 0.5) is 0 Å². The van der Waals surface area contributed by atoms with Gasteiger partial charge in [0.25, 0.3) is 0 Å². The molecule has 2 aromatic rings. The summed E-state index contributed by atoms with van der Waals surface area (Å²) in [6.45, 7) is 3.94. The molecule has 2 fully saturated rings. The number of aryl methyl sites for hydroxylation is 1. The van der Waals surface area contributed by atoms with Crippen molar-refractivity contribution >= 4 is 28.9 Å². The molecule has 0 bridgehead atoms. The Hall–Kier alpha value is -3.36. The molecule has 0 unspecified atom stereocenters. The third kappa shape index (κ3) is 4.70. The predicted molar refractivity (Wildman–Crippen MR) is 131 cm³/mol. The fourth-order valence-electron chi connectivity index (χ4n) is 5.49. The van der Waals surface area contributed by atoms with Gasteiger partial charge < -0.3 is 24.5 Å². The van der Waals surface area contributed by atoms with Gasteiger partial charge in [0.15, 0.2) is 11.5 Å². The Morgan fingerprint density at radius 2 is 2.11 bits per heavy atom. The molecule has 36 heavy (non-hydrogen) atoms. The van der Waals surface area contributed by atoms with E-state index in [4.69, 9.17) is 9.15 Å². The number of carboxylic acids is 1. The maximum atomic E-state index is 13.4. The smallest absolute Gasteiger partial charge is 0.330 e. The van der Waals surface area contributed by atoms with Crippen molar-refractivity contribution in [1.82, 2.24) is 15.2 Å². The summed E-state index contributed by atoms with van der Waals surface area (Å²) >= 11 is 0. The largest absolute Gasteiger partial charge is 0.488 e. The minimum Gasteiger partial charge on any atom is -0.488 e. The molecular weight excluding hydrogens is 462 g/mol. The highest BCUT2D eigenvalue weighted by Gasteiger charge is 2.61. The molecule has 0 spiro atoms. The van der Waals surface area contributed by atoms with Gasteiger partial charge in [-0.3, -0.25) is 9.59 Å². The van der Waals surface area contributed by atoms with Crippen LogP contribution in [0.25, 0.3) is 11.1 Å². The van der Waals surface area contributed by atoms with Crippen molar-refractivity contribution < 1.29 is 28.6 Å². The molecule has 2 amide bonds. The van der Waals surface area contributed by atoms with E-state index in [2.05, 4.69) is 10.3 Å². The summed E-state index contributed by atoms with van der Waals surface area (Å²) in [5, 5.41) is 12.7. The van der Waals surface area contributed by atoms with Gasteiger partial charge in [-0.15, -0.1) is 0 Å². The number of aromatic nitrogens is 1. The number of ether oxygens (including phenoxy) is 1. The molecule has 192 valence electrons. The first-order chi connectivity index (χ1) is 17.3.